The largest absolute Gasteiger partial charge is 0.508 e. The quantitative estimate of drug-likeness (QED) is 0.738. The number of aromatic hydroxyl groups is 1. The summed E-state index contributed by atoms with van der Waals surface area (Å²) >= 11 is 0. The Balaban J connectivity index is 2.26. The van der Waals surface area contributed by atoms with Crippen molar-refractivity contribution >= 4 is 0 Å². The molecule has 1 fully saturated rings. The highest BCUT2D eigenvalue weighted by molar-refractivity contribution is 5.33. The molecule has 2 rings (SSSR count). The minimum atomic E-state index is 0.176. The molecule has 1 heterocycles. The van der Waals surface area contributed by atoms with Gasteiger partial charge >= 0.3 is 0 Å². The van der Waals surface area contributed by atoms with Crippen LogP contribution in [0.1, 0.15) is 31.7 Å². The van der Waals surface area contributed by atoms with E-state index in [-0.39, 0.29) is 5.41 Å². The van der Waals surface area contributed by atoms with Gasteiger partial charge in [-0.25, -0.2) is 0 Å². The summed E-state index contributed by atoms with van der Waals surface area (Å²) in [5.74, 6) is 0.373. The van der Waals surface area contributed by atoms with E-state index in [1.807, 2.05) is 12.1 Å². The molecule has 1 saturated heterocycles. The van der Waals surface area contributed by atoms with Crippen molar-refractivity contribution in [3.63, 3.8) is 0 Å². The second-order valence-corrected chi connectivity index (χ2v) is 4.74. The minimum Gasteiger partial charge on any atom is -0.508 e. The van der Waals surface area contributed by atoms with Crippen LogP contribution < -0.4 is 5.32 Å². The Labute approximate surface area is 91.3 Å². The summed E-state index contributed by atoms with van der Waals surface area (Å²) in [5.41, 5.74) is 1.42. The lowest BCUT2D eigenvalue weighted by Crippen LogP contribution is -2.33. The molecule has 0 bridgehead atoms. The van der Waals surface area contributed by atoms with E-state index in [2.05, 4.69) is 18.3 Å². The van der Waals surface area contributed by atoms with E-state index < -0.39 is 0 Å². The van der Waals surface area contributed by atoms with Gasteiger partial charge in [-0.05, 0) is 37.1 Å². The van der Waals surface area contributed by atoms with Crippen molar-refractivity contribution in [2.45, 2.75) is 31.6 Å². The molecular weight excluding hydrogens is 186 g/mol. The first-order valence-corrected chi connectivity index (χ1v) is 5.71. The van der Waals surface area contributed by atoms with Crippen LogP contribution in [0.3, 0.4) is 0 Å². The maximum atomic E-state index is 9.51. The number of phenols is 1. The average molecular weight is 205 g/mol. The van der Waals surface area contributed by atoms with Gasteiger partial charge in [0.2, 0.25) is 0 Å². The zero-order chi connectivity index (χ0) is 10.7. The molecule has 1 unspecified atom stereocenters. The van der Waals surface area contributed by atoms with Gasteiger partial charge in [-0.2, -0.15) is 0 Å². The molecule has 1 aromatic carbocycles. The number of rotatable bonds is 1. The van der Waals surface area contributed by atoms with Gasteiger partial charge in [-0.1, -0.05) is 25.5 Å². The molecule has 1 aromatic rings. The third-order valence-corrected chi connectivity index (χ3v) is 3.39. The van der Waals surface area contributed by atoms with Gasteiger partial charge in [0.1, 0.15) is 5.75 Å². The molecule has 2 heteroatoms. The normalized spacial score (nSPS) is 27.3. The Morgan fingerprint density at radius 1 is 1.33 bits per heavy atom. The molecule has 1 atom stereocenters. The van der Waals surface area contributed by atoms with Crippen molar-refractivity contribution in [1.82, 2.24) is 5.32 Å². The fraction of sp³-hybridized carbons (Fsp3) is 0.538. The lowest BCUT2D eigenvalue weighted by molar-refractivity contribution is 0.423. The predicted octanol–water partition coefficient (Wildman–Crippen LogP) is 2.42. The fourth-order valence-corrected chi connectivity index (χ4v) is 2.35. The van der Waals surface area contributed by atoms with Crippen LogP contribution in [0.4, 0.5) is 0 Å². The molecule has 0 radical (unpaired) electrons. The van der Waals surface area contributed by atoms with Crippen LogP contribution in [0.15, 0.2) is 24.3 Å². The molecule has 15 heavy (non-hydrogen) atoms. The first-order chi connectivity index (χ1) is 7.21. The summed E-state index contributed by atoms with van der Waals surface area (Å²) in [4.78, 5) is 0. The molecule has 2 nitrogen and oxygen atoms in total. The fourth-order valence-electron chi connectivity index (χ4n) is 2.35. The second-order valence-electron chi connectivity index (χ2n) is 4.74. The summed E-state index contributed by atoms with van der Waals surface area (Å²) in [5, 5.41) is 13.0. The van der Waals surface area contributed by atoms with Crippen molar-refractivity contribution in [3.05, 3.63) is 29.8 Å². The molecular formula is C13H19NO. The topological polar surface area (TPSA) is 32.3 Å². The lowest BCUT2D eigenvalue weighted by atomic mass is 9.79. The van der Waals surface area contributed by atoms with Crippen LogP contribution in [0.5, 0.6) is 5.75 Å². The maximum absolute atomic E-state index is 9.51. The molecule has 0 aliphatic carbocycles. The highest BCUT2D eigenvalue weighted by Gasteiger charge is 2.27. The standard InChI is InChI=1S/C13H19NO/c1-13(7-2-3-8-14-10-13)11-5-4-6-12(15)9-11/h4-6,9,14-15H,2-3,7-8,10H2,1H3. The maximum Gasteiger partial charge on any atom is 0.115 e. The van der Waals surface area contributed by atoms with Gasteiger partial charge in [0, 0.05) is 12.0 Å². The highest BCUT2D eigenvalue weighted by Crippen LogP contribution is 2.32. The molecule has 1 aliphatic heterocycles. The van der Waals surface area contributed by atoms with Gasteiger partial charge in [0.15, 0.2) is 0 Å². The summed E-state index contributed by atoms with van der Waals surface area (Å²) in [7, 11) is 0. The van der Waals surface area contributed by atoms with Crippen molar-refractivity contribution in [2.75, 3.05) is 13.1 Å². The van der Waals surface area contributed by atoms with Crippen LogP contribution in [0.25, 0.3) is 0 Å². The molecule has 0 saturated carbocycles. The van der Waals surface area contributed by atoms with Gasteiger partial charge in [-0.3, -0.25) is 0 Å². The van der Waals surface area contributed by atoms with E-state index in [1.54, 1.807) is 6.07 Å². The zero-order valence-corrected chi connectivity index (χ0v) is 9.29. The monoisotopic (exact) mass is 205 g/mol. The molecule has 0 amide bonds. The molecule has 0 aromatic heterocycles. The summed E-state index contributed by atoms with van der Waals surface area (Å²) < 4.78 is 0. The van der Waals surface area contributed by atoms with Crippen molar-refractivity contribution in [1.29, 1.82) is 0 Å². The molecule has 0 spiro atoms. The van der Waals surface area contributed by atoms with Gasteiger partial charge in [0.25, 0.3) is 0 Å². The Hall–Kier alpha value is -1.02. The number of hydrogen-bond donors (Lipinski definition) is 2. The lowest BCUT2D eigenvalue weighted by Gasteiger charge is -2.28. The molecule has 82 valence electrons. The van der Waals surface area contributed by atoms with E-state index in [1.165, 1.54) is 24.8 Å². The van der Waals surface area contributed by atoms with E-state index in [9.17, 15) is 5.11 Å². The predicted molar refractivity (Wildman–Crippen MR) is 62.2 cm³/mol. The Morgan fingerprint density at radius 2 is 2.20 bits per heavy atom. The van der Waals surface area contributed by atoms with Gasteiger partial charge in [0.05, 0.1) is 0 Å². The first-order valence-electron chi connectivity index (χ1n) is 5.71. The van der Waals surface area contributed by atoms with Gasteiger partial charge in [-0.15, -0.1) is 0 Å². The van der Waals surface area contributed by atoms with E-state index in [0.29, 0.717) is 5.75 Å². The van der Waals surface area contributed by atoms with Crippen molar-refractivity contribution in [3.8, 4) is 5.75 Å². The van der Waals surface area contributed by atoms with E-state index in [0.717, 1.165) is 13.1 Å². The Bertz CT molecular complexity index is 327. The second kappa shape index (κ2) is 4.23. The molecule has 2 N–H and O–H groups in total. The smallest absolute Gasteiger partial charge is 0.115 e. The van der Waals surface area contributed by atoms with Crippen LogP contribution in [-0.2, 0) is 5.41 Å². The Kier molecular flexibility index (Phi) is 2.96. The zero-order valence-electron chi connectivity index (χ0n) is 9.29. The van der Waals surface area contributed by atoms with Crippen LogP contribution in [-0.4, -0.2) is 18.2 Å². The number of phenolic OH excluding ortho intramolecular Hbond substituents is 1. The van der Waals surface area contributed by atoms with E-state index in [4.69, 9.17) is 0 Å². The number of hydrogen-bond acceptors (Lipinski definition) is 2. The first kappa shape index (κ1) is 10.5. The van der Waals surface area contributed by atoms with Crippen LogP contribution >= 0.6 is 0 Å². The summed E-state index contributed by atoms with van der Waals surface area (Å²) in [6.45, 7) is 4.41. The van der Waals surface area contributed by atoms with Crippen LogP contribution in [0, 0.1) is 0 Å². The van der Waals surface area contributed by atoms with E-state index >= 15 is 0 Å². The third-order valence-electron chi connectivity index (χ3n) is 3.39. The SMILES string of the molecule is CC1(c2cccc(O)c2)CCCCNC1. The summed E-state index contributed by atoms with van der Waals surface area (Å²) in [6.07, 6.45) is 3.72. The minimum absolute atomic E-state index is 0.176. The third kappa shape index (κ3) is 2.32. The number of nitrogens with one attached hydrogen (secondary N) is 1. The van der Waals surface area contributed by atoms with Crippen molar-refractivity contribution < 1.29 is 5.11 Å². The Morgan fingerprint density at radius 3 is 3.00 bits per heavy atom. The van der Waals surface area contributed by atoms with Gasteiger partial charge < -0.3 is 10.4 Å². The van der Waals surface area contributed by atoms with Crippen molar-refractivity contribution in [2.24, 2.45) is 0 Å². The summed E-state index contributed by atoms with van der Waals surface area (Å²) in [6, 6.07) is 7.68. The average Bonchev–Trinajstić information content (AvgIpc) is 2.44. The van der Waals surface area contributed by atoms with Crippen LogP contribution in [0.2, 0.25) is 0 Å². The highest BCUT2D eigenvalue weighted by atomic mass is 16.3. The number of benzene rings is 1. The molecule has 1 aliphatic rings.